The quantitative estimate of drug-likeness (QED) is 0.899. The summed E-state index contributed by atoms with van der Waals surface area (Å²) in [7, 11) is 0. The summed E-state index contributed by atoms with van der Waals surface area (Å²) in [5.74, 6) is 0.701. The third kappa shape index (κ3) is 2.79. The lowest BCUT2D eigenvalue weighted by atomic mass is 9.76. The van der Waals surface area contributed by atoms with Crippen molar-refractivity contribution in [1.29, 1.82) is 0 Å². The van der Waals surface area contributed by atoms with E-state index in [9.17, 15) is 0 Å². The molecule has 0 radical (unpaired) electrons. The molecule has 0 bridgehead atoms. The second-order valence-corrected chi connectivity index (χ2v) is 6.51. The SMILES string of the molecule is Cc1ccc(N2CCCC(CCN)C2(C)C)c(C)c1. The predicted molar refractivity (Wildman–Crippen MR) is 83.7 cm³/mol. The van der Waals surface area contributed by atoms with Crippen LogP contribution in [-0.2, 0) is 0 Å². The molecule has 1 heterocycles. The van der Waals surface area contributed by atoms with Crippen molar-refractivity contribution < 1.29 is 0 Å². The fourth-order valence-electron chi connectivity index (χ4n) is 3.60. The molecule has 1 aliphatic heterocycles. The number of piperidine rings is 1. The molecule has 0 aliphatic carbocycles. The highest BCUT2D eigenvalue weighted by atomic mass is 15.2. The normalized spacial score (nSPS) is 22.6. The van der Waals surface area contributed by atoms with Crippen molar-refractivity contribution in [2.45, 2.75) is 52.5 Å². The molecule has 1 atom stereocenters. The third-order valence-electron chi connectivity index (χ3n) is 4.79. The van der Waals surface area contributed by atoms with Gasteiger partial charge in [0.25, 0.3) is 0 Å². The third-order valence-corrected chi connectivity index (χ3v) is 4.79. The molecule has 0 spiro atoms. The van der Waals surface area contributed by atoms with Crippen molar-refractivity contribution in [3.05, 3.63) is 29.3 Å². The Balaban J connectivity index is 2.32. The molecule has 2 rings (SSSR count). The molecule has 2 nitrogen and oxygen atoms in total. The van der Waals surface area contributed by atoms with E-state index in [2.05, 4.69) is 50.8 Å². The lowest BCUT2D eigenvalue weighted by molar-refractivity contribution is 0.227. The molecular formula is C17H28N2. The minimum Gasteiger partial charge on any atom is -0.366 e. The van der Waals surface area contributed by atoms with E-state index in [4.69, 9.17) is 5.73 Å². The zero-order valence-electron chi connectivity index (χ0n) is 12.9. The first-order valence-corrected chi connectivity index (χ1v) is 7.51. The minimum atomic E-state index is 0.206. The highest BCUT2D eigenvalue weighted by Crippen LogP contribution is 2.39. The van der Waals surface area contributed by atoms with Crippen molar-refractivity contribution in [3.63, 3.8) is 0 Å². The Hall–Kier alpha value is -1.02. The van der Waals surface area contributed by atoms with Gasteiger partial charge in [-0.25, -0.2) is 0 Å². The molecule has 1 fully saturated rings. The Kier molecular flexibility index (Phi) is 4.19. The Labute approximate surface area is 118 Å². The Morgan fingerprint density at radius 3 is 2.68 bits per heavy atom. The van der Waals surface area contributed by atoms with E-state index in [-0.39, 0.29) is 5.54 Å². The first kappa shape index (κ1) is 14.4. The van der Waals surface area contributed by atoms with E-state index in [0.29, 0.717) is 5.92 Å². The van der Waals surface area contributed by atoms with Crippen LogP contribution in [0.5, 0.6) is 0 Å². The van der Waals surface area contributed by atoms with Crippen molar-refractivity contribution in [2.24, 2.45) is 11.7 Å². The Morgan fingerprint density at radius 1 is 1.32 bits per heavy atom. The van der Waals surface area contributed by atoms with Crippen LogP contribution < -0.4 is 10.6 Å². The summed E-state index contributed by atoms with van der Waals surface area (Å²) in [5.41, 5.74) is 10.1. The zero-order chi connectivity index (χ0) is 14.0. The minimum absolute atomic E-state index is 0.206. The van der Waals surface area contributed by atoms with Crippen LogP contribution in [0, 0.1) is 19.8 Å². The monoisotopic (exact) mass is 260 g/mol. The van der Waals surface area contributed by atoms with Gasteiger partial charge in [0, 0.05) is 17.8 Å². The molecule has 2 N–H and O–H groups in total. The topological polar surface area (TPSA) is 29.3 Å². The molecule has 106 valence electrons. The smallest absolute Gasteiger partial charge is 0.0400 e. The van der Waals surface area contributed by atoms with Gasteiger partial charge in [-0.1, -0.05) is 17.7 Å². The van der Waals surface area contributed by atoms with Crippen molar-refractivity contribution in [2.75, 3.05) is 18.0 Å². The summed E-state index contributed by atoms with van der Waals surface area (Å²) >= 11 is 0. The van der Waals surface area contributed by atoms with Gasteiger partial charge >= 0.3 is 0 Å². The van der Waals surface area contributed by atoms with E-state index in [1.807, 2.05) is 0 Å². The van der Waals surface area contributed by atoms with E-state index < -0.39 is 0 Å². The molecule has 0 aromatic heterocycles. The number of hydrogen-bond acceptors (Lipinski definition) is 2. The van der Waals surface area contributed by atoms with Crippen LogP contribution in [0.4, 0.5) is 5.69 Å². The molecule has 1 aliphatic rings. The van der Waals surface area contributed by atoms with Gasteiger partial charge in [-0.3, -0.25) is 0 Å². The zero-order valence-corrected chi connectivity index (χ0v) is 12.9. The van der Waals surface area contributed by atoms with E-state index in [1.165, 1.54) is 29.7 Å². The molecular weight excluding hydrogens is 232 g/mol. The maximum Gasteiger partial charge on any atom is 0.0400 e. The van der Waals surface area contributed by atoms with Crippen LogP contribution in [-0.4, -0.2) is 18.6 Å². The molecule has 0 amide bonds. The number of rotatable bonds is 3. The maximum atomic E-state index is 5.80. The summed E-state index contributed by atoms with van der Waals surface area (Å²) in [6.45, 7) is 11.1. The molecule has 1 aromatic rings. The molecule has 1 aromatic carbocycles. The fourth-order valence-corrected chi connectivity index (χ4v) is 3.60. The largest absolute Gasteiger partial charge is 0.366 e. The summed E-state index contributed by atoms with van der Waals surface area (Å²) in [6.07, 6.45) is 3.72. The number of hydrogen-bond donors (Lipinski definition) is 1. The first-order chi connectivity index (χ1) is 8.96. The van der Waals surface area contributed by atoms with Gasteiger partial charge in [0.15, 0.2) is 0 Å². The van der Waals surface area contributed by atoms with Gasteiger partial charge in [-0.2, -0.15) is 0 Å². The van der Waals surface area contributed by atoms with Crippen LogP contribution in [0.1, 0.15) is 44.2 Å². The number of aryl methyl sites for hydroxylation is 2. The number of nitrogens with two attached hydrogens (primary N) is 1. The van der Waals surface area contributed by atoms with Crippen molar-refractivity contribution in [1.82, 2.24) is 0 Å². The van der Waals surface area contributed by atoms with Crippen molar-refractivity contribution >= 4 is 5.69 Å². The predicted octanol–water partition coefficient (Wildman–Crippen LogP) is 3.65. The Bertz CT molecular complexity index is 435. The molecule has 1 unspecified atom stereocenters. The van der Waals surface area contributed by atoms with Crippen LogP contribution in [0.25, 0.3) is 0 Å². The van der Waals surface area contributed by atoms with Crippen LogP contribution in [0.3, 0.4) is 0 Å². The van der Waals surface area contributed by atoms with Gasteiger partial charge < -0.3 is 10.6 Å². The maximum absolute atomic E-state index is 5.80. The van der Waals surface area contributed by atoms with Crippen LogP contribution >= 0.6 is 0 Å². The highest BCUT2D eigenvalue weighted by Gasteiger charge is 2.38. The van der Waals surface area contributed by atoms with Gasteiger partial charge in [0.2, 0.25) is 0 Å². The summed E-state index contributed by atoms with van der Waals surface area (Å²) in [6, 6.07) is 6.81. The van der Waals surface area contributed by atoms with Crippen LogP contribution in [0.2, 0.25) is 0 Å². The van der Waals surface area contributed by atoms with Gasteiger partial charge in [-0.05, 0) is 71.0 Å². The van der Waals surface area contributed by atoms with Gasteiger partial charge in [0.1, 0.15) is 0 Å². The lowest BCUT2D eigenvalue weighted by Crippen LogP contribution is -2.54. The highest BCUT2D eigenvalue weighted by molar-refractivity contribution is 5.56. The number of anilines is 1. The first-order valence-electron chi connectivity index (χ1n) is 7.51. The average Bonchev–Trinajstić information content (AvgIpc) is 2.33. The molecule has 0 saturated carbocycles. The standard InChI is InChI=1S/C17H28N2/c1-13-7-8-16(14(2)12-13)19-11-5-6-15(9-10-18)17(19,3)4/h7-8,12,15H,5-6,9-11,18H2,1-4H3. The summed E-state index contributed by atoms with van der Waals surface area (Å²) < 4.78 is 0. The van der Waals surface area contributed by atoms with E-state index in [0.717, 1.165) is 19.5 Å². The second kappa shape index (κ2) is 5.54. The lowest BCUT2D eigenvalue weighted by Gasteiger charge is -2.50. The second-order valence-electron chi connectivity index (χ2n) is 6.51. The number of nitrogens with zero attached hydrogens (tertiary/aromatic N) is 1. The van der Waals surface area contributed by atoms with Crippen molar-refractivity contribution in [3.8, 4) is 0 Å². The number of benzene rings is 1. The van der Waals surface area contributed by atoms with E-state index >= 15 is 0 Å². The fraction of sp³-hybridized carbons (Fsp3) is 0.647. The molecule has 1 saturated heterocycles. The van der Waals surface area contributed by atoms with Gasteiger partial charge in [-0.15, -0.1) is 0 Å². The summed E-state index contributed by atoms with van der Waals surface area (Å²) in [4.78, 5) is 2.60. The van der Waals surface area contributed by atoms with Crippen LogP contribution in [0.15, 0.2) is 18.2 Å². The average molecular weight is 260 g/mol. The molecule has 2 heteroatoms. The van der Waals surface area contributed by atoms with E-state index in [1.54, 1.807) is 0 Å². The molecule has 19 heavy (non-hydrogen) atoms. The Morgan fingerprint density at radius 2 is 2.05 bits per heavy atom. The van der Waals surface area contributed by atoms with Gasteiger partial charge in [0.05, 0.1) is 0 Å². The summed E-state index contributed by atoms with van der Waals surface area (Å²) in [5, 5.41) is 0.